The molecule has 0 heterocycles. The van der Waals surface area contributed by atoms with Gasteiger partial charge in [0.2, 0.25) is 0 Å². The number of carbonyl (C=O) groups is 1. The normalized spacial score (nSPS) is 24.6. The molecular formula is C15H26O. The maximum atomic E-state index is 11.7. The Balaban J connectivity index is 2.22. The van der Waals surface area contributed by atoms with Crippen molar-refractivity contribution in [3.05, 3.63) is 12.7 Å². The molecule has 0 saturated heterocycles. The minimum Gasteiger partial charge on any atom is -0.299 e. The van der Waals surface area contributed by atoms with Crippen LogP contribution < -0.4 is 0 Å². The number of hydrogen-bond acceptors (Lipinski definition) is 1. The molecule has 0 aromatic heterocycles. The predicted molar refractivity (Wildman–Crippen MR) is 69.3 cm³/mol. The highest BCUT2D eigenvalue weighted by molar-refractivity contribution is 5.80. The Kier molecular flexibility index (Phi) is 4.76. The van der Waals surface area contributed by atoms with Gasteiger partial charge in [0.05, 0.1) is 0 Å². The molecule has 0 aromatic carbocycles. The van der Waals surface area contributed by atoms with E-state index in [0.29, 0.717) is 17.6 Å². The first kappa shape index (κ1) is 13.5. The molecule has 1 fully saturated rings. The van der Waals surface area contributed by atoms with Gasteiger partial charge in [0, 0.05) is 12.3 Å². The average molecular weight is 222 g/mol. The Morgan fingerprint density at radius 2 is 2.25 bits per heavy atom. The minimum absolute atomic E-state index is 0.247. The monoisotopic (exact) mass is 222 g/mol. The van der Waals surface area contributed by atoms with E-state index in [1.807, 2.05) is 6.08 Å². The molecule has 0 N–H and O–H groups in total. The van der Waals surface area contributed by atoms with Gasteiger partial charge in [-0.15, -0.1) is 6.58 Å². The molecule has 1 rings (SSSR count). The summed E-state index contributed by atoms with van der Waals surface area (Å²) in [5, 5.41) is 0. The quantitative estimate of drug-likeness (QED) is 0.584. The van der Waals surface area contributed by atoms with Gasteiger partial charge in [0.15, 0.2) is 0 Å². The highest BCUT2D eigenvalue weighted by Gasteiger charge is 2.37. The van der Waals surface area contributed by atoms with Crippen molar-refractivity contribution in [2.75, 3.05) is 0 Å². The zero-order valence-corrected chi connectivity index (χ0v) is 11.1. The van der Waals surface area contributed by atoms with Crippen LogP contribution in [0, 0.1) is 17.3 Å². The maximum absolute atomic E-state index is 11.7. The fourth-order valence-corrected chi connectivity index (χ4v) is 2.56. The lowest BCUT2D eigenvalue weighted by Gasteiger charge is -2.45. The fraction of sp³-hybridized carbons (Fsp3) is 0.800. The van der Waals surface area contributed by atoms with Crippen molar-refractivity contribution in [3.8, 4) is 0 Å². The van der Waals surface area contributed by atoms with E-state index in [9.17, 15) is 4.79 Å². The van der Waals surface area contributed by atoms with E-state index in [1.54, 1.807) is 0 Å². The van der Waals surface area contributed by atoms with Crippen molar-refractivity contribution in [1.82, 2.24) is 0 Å². The lowest BCUT2D eigenvalue weighted by atomic mass is 9.60. The van der Waals surface area contributed by atoms with Crippen molar-refractivity contribution in [2.45, 2.75) is 59.3 Å². The lowest BCUT2D eigenvalue weighted by molar-refractivity contribution is -0.122. The van der Waals surface area contributed by atoms with Crippen LogP contribution >= 0.6 is 0 Å². The first-order chi connectivity index (χ1) is 7.47. The van der Waals surface area contributed by atoms with Crippen LogP contribution in [0.25, 0.3) is 0 Å². The second kappa shape index (κ2) is 5.65. The summed E-state index contributed by atoms with van der Waals surface area (Å²) in [7, 11) is 0. The summed E-state index contributed by atoms with van der Waals surface area (Å²) in [4.78, 5) is 11.7. The first-order valence-electron chi connectivity index (χ1n) is 6.61. The Morgan fingerprint density at radius 1 is 1.56 bits per heavy atom. The van der Waals surface area contributed by atoms with Crippen LogP contribution in [0.4, 0.5) is 0 Å². The summed E-state index contributed by atoms with van der Waals surface area (Å²) >= 11 is 0. The largest absolute Gasteiger partial charge is 0.299 e. The molecule has 0 aromatic rings. The van der Waals surface area contributed by atoms with Crippen LogP contribution in [-0.4, -0.2) is 5.78 Å². The lowest BCUT2D eigenvalue weighted by Crippen LogP contribution is -2.34. The van der Waals surface area contributed by atoms with Crippen molar-refractivity contribution in [1.29, 1.82) is 0 Å². The van der Waals surface area contributed by atoms with Gasteiger partial charge < -0.3 is 0 Å². The molecule has 92 valence electrons. The van der Waals surface area contributed by atoms with Gasteiger partial charge in [-0.1, -0.05) is 26.8 Å². The Bertz CT molecular complexity index is 252. The molecule has 1 saturated carbocycles. The summed E-state index contributed by atoms with van der Waals surface area (Å²) in [6.45, 7) is 10.4. The number of Topliss-reactive ketones (excluding diaryl/α,β-unsaturated/α-hetero) is 1. The predicted octanol–water partition coefficient (Wildman–Crippen LogP) is 4.37. The molecule has 0 radical (unpaired) electrons. The van der Waals surface area contributed by atoms with Gasteiger partial charge in [-0.05, 0) is 43.4 Å². The molecule has 0 aliphatic heterocycles. The van der Waals surface area contributed by atoms with Gasteiger partial charge in [-0.25, -0.2) is 0 Å². The highest BCUT2D eigenvalue weighted by atomic mass is 16.1. The third kappa shape index (κ3) is 3.47. The number of allylic oxidation sites excluding steroid dienone is 1. The fourth-order valence-electron chi connectivity index (χ4n) is 2.56. The van der Waals surface area contributed by atoms with E-state index < -0.39 is 0 Å². The average Bonchev–Trinajstić information content (AvgIpc) is 2.24. The van der Waals surface area contributed by atoms with E-state index in [0.717, 1.165) is 18.8 Å². The third-order valence-corrected chi connectivity index (χ3v) is 4.33. The summed E-state index contributed by atoms with van der Waals surface area (Å²) < 4.78 is 0. The van der Waals surface area contributed by atoms with Gasteiger partial charge in [-0.3, -0.25) is 4.79 Å². The summed E-state index contributed by atoms with van der Waals surface area (Å²) in [6, 6.07) is 0. The topological polar surface area (TPSA) is 17.1 Å². The molecule has 1 heteroatoms. The van der Waals surface area contributed by atoms with E-state index in [-0.39, 0.29) is 5.92 Å². The summed E-state index contributed by atoms with van der Waals surface area (Å²) in [6.07, 6.45) is 8.37. The van der Waals surface area contributed by atoms with Crippen molar-refractivity contribution < 1.29 is 4.79 Å². The van der Waals surface area contributed by atoms with Crippen molar-refractivity contribution >= 4 is 5.78 Å². The van der Waals surface area contributed by atoms with Crippen LogP contribution in [-0.2, 0) is 4.79 Å². The molecule has 0 spiro atoms. The molecule has 1 aliphatic carbocycles. The van der Waals surface area contributed by atoms with Gasteiger partial charge in [-0.2, -0.15) is 0 Å². The molecule has 1 nitrogen and oxygen atoms in total. The smallest absolute Gasteiger partial charge is 0.136 e. The molecule has 2 unspecified atom stereocenters. The molecule has 1 aliphatic rings. The van der Waals surface area contributed by atoms with E-state index in [4.69, 9.17) is 0 Å². The van der Waals surface area contributed by atoms with Gasteiger partial charge >= 0.3 is 0 Å². The number of hydrogen-bond donors (Lipinski definition) is 0. The van der Waals surface area contributed by atoms with E-state index in [1.165, 1.54) is 19.3 Å². The third-order valence-electron chi connectivity index (χ3n) is 4.33. The Labute approximate surface area is 100 Å². The van der Waals surface area contributed by atoms with Gasteiger partial charge in [0.25, 0.3) is 0 Å². The summed E-state index contributed by atoms with van der Waals surface area (Å²) in [5.41, 5.74) is 0.532. The molecule has 0 bridgehead atoms. The van der Waals surface area contributed by atoms with E-state index >= 15 is 0 Å². The van der Waals surface area contributed by atoms with Crippen LogP contribution in [0.15, 0.2) is 12.7 Å². The second-order valence-corrected chi connectivity index (χ2v) is 6.00. The van der Waals surface area contributed by atoms with Crippen LogP contribution in [0.1, 0.15) is 59.3 Å². The molecular weight excluding hydrogens is 196 g/mol. The molecule has 2 atom stereocenters. The van der Waals surface area contributed by atoms with Crippen molar-refractivity contribution in [3.63, 3.8) is 0 Å². The highest BCUT2D eigenvalue weighted by Crippen LogP contribution is 2.48. The number of carbonyl (C=O) groups excluding carboxylic acids is 1. The maximum Gasteiger partial charge on any atom is 0.136 e. The standard InChI is InChI=1S/C15H26O/c1-5-6-7-14(16)12(2)8-9-13-10-11-15(13,3)4/h5,12-13H,1,6-11H2,2-4H3. The molecule has 16 heavy (non-hydrogen) atoms. The van der Waals surface area contributed by atoms with Crippen molar-refractivity contribution in [2.24, 2.45) is 17.3 Å². The van der Waals surface area contributed by atoms with Crippen LogP contribution in [0.5, 0.6) is 0 Å². The van der Waals surface area contributed by atoms with Gasteiger partial charge in [0.1, 0.15) is 5.78 Å². The zero-order valence-electron chi connectivity index (χ0n) is 11.1. The molecule has 0 amide bonds. The van der Waals surface area contributed by atoms with Crippen LogP contribution in [0.3, 0.4) is 0 Å². The van der Waals surface area contributed by atoms with Crippen LogP contribution in [0.2, 0.25) is 0 Å². The SMILES string of the molecule is C=CCCC(=O)C(C)CCC1CCC1(C)C. The van der Waals surface area contributed by atoms with E-state index in [2.05, 4.69) is 27.4 Å². The first-order valence-corrected chi connectivity index (χ1v) is 6.61. The number of rotatable bonds is 7. The second-order valence-electron chi connectivity index (χ2n) is 6.00. The Morgan fingerprint density at radius 3 is 2.69 bits per heavy atom. The minimum atomic E-state index is 0.247. The summed E-state index contributed by atoms with van der Waals surface area (Å²) in [5.74, 6) is 1.51. The number of ketones is 1. The zero-order chi connectivity index (χ0) is 12.2. The Hall–Kier alpha value is -0.590.